The summed E-state index contributed by atoms with van der Waals surface area (Å²) in [4.78, 5) is 61.8. The third-order valence-electron chi connectivity index (χ3n) is 10.7. The monoisotopic (exact) mass is 764 g/mol. The lowest BCUT2D eigenvalue weighted by atomic mass is 9.85. The lowest BCUT2D eigenvalue weighted by Gasteiger charge is -2.35. The van der Waals surface area contributed by atoms with E-state index in [1.54, 1.807) is 36.8 Å². The highest BCUT2D eigenvalue weighted by Gasteiger charge is 2.41. The van der Waals surface area contributed by atoms with Crippen LogP contribution in [0.1, 0.15) is 64.2 Å². The van der Waals surface area contributed by atoms with Crippen molar-refractivity contribution in [1.82, 2.24) is 30.7 Å². The van der Waals surface area contributed by atoms with Crippen LogP contribution in [0, 0.1) is 11.3 Å². The van der Waals surface area contributed by atoms with Crippen molar-refractivity contribution in [2.75, 3.05) is 13.1 Å². The summed E-state index contributed by atoms with van der Waals surface area (Å²) in [5.74, 6) is -1.03. The van der Waals surface area contributed by atoms with Gasteiger partial charge in [-0.1, -0.05) is 120 Å². The number of fused-ring (bicyclic) bond motifs is 1. The van der Waals surface area contributed by atoms with Crippen LogP contribution in [0.2, 0.25) is 0 Å². The molecule has 1 unspecified atom stereocenters. The predicted molar refractivity (Wildman–Crippen MR) is 217 cm³/mol. The van der Waals surface area contributed by atoms with Crippen molar-refractivity contribution in [3.8, 4) is 0 Å². The maximum absolute atomic E-state index is 14.5. The number of para-hydroxylation sites is 1. The molecule has 6 atom stereocenters. The second-order valence-corrected chi connectivity index (χ2v) is 16.0. The van der Waals surface area contributed by atoms with Gasteiger partial charge in [0.25, 0.3) is 0 Å². The van der Waals surface area contributed by atoms with Crippen LogP contribution in [-0.2, 0) is 29.0 Å². The van der Waals surface area contributed by atoms with Gasteiger partial charge >= 0.3 is 12.1 Å². The van der Waals surface area contributed by atoms with Crippen LogP contribution < -0.4 is 16.0 Å². The number of hydrogen-bond acceptors (Lipinski definition) is 6. The van der Waals surface area contributed by atoms with Gasteiger partial charge in [-0.2, -0.15) is 0 Å². The number of rotatable bonds is 17. The van der Waals surface area contributed by atoms with Crippen molar-refractivity contribution in [2.45, 2.75) is 97.1 Å². The highest BCUT2D eigenvalue weighted by atomic mass is 16.4. The van der Waals surface area contributed by atoms with Gasteiger partial charge in [-0.15, -0.1) is 0 Å². The molecule has 5 N–H and O–H groups in total. The van der Waals surface area contributed by atoms with Crippen LogP contribution >= 0.6 is 0 Å². The Labute approximate surface area is 329 Å². The zero-order valence-corrected chi connectivity index (χ0v) is 33.0. The Morgan fingerprint density at radius 1 is 0.821 bits per heavy atom. The van der Waals surface area contributed by atoms with Gasteiger partial charge in [0.05, 0.1) is 17.7 Å². The first-order valence-electron chi connectivity index (χ1n) is 19.5. The van der Waals surface area contributed by atoms with Crippen LogP contribution in [-0.4, -0.2) is 92.3 Å². The first-order chi connectivity index (χ1) is 26.7. The molecule has 0 saturated carbocycles. The highest BCUT2D eigenvalue weighted by molar-refractivity contribution is 5.89. The van der Waals surface area contributed by atoms with E-state index in [0.717, 1.165) is 27.6 Å². The Morgan fingerprint density at radius 3 is 2.07 bits per heavy atom. The van der Waals surface area contributed by atoms with Gasteiger partial charge in [-0.25, -0.2) is 9.59 Å². The fourth-order valence-corrected chi connectivity index (χ4v) is 7.49. The van der Waals surface area contributed by atoms with Crippen LogP contribution in [0.3, 0.4) is 0 Å². The van der Waals surface area contributed by atoms with E-state index in [4.69, 9.17) is 0 Å². The molecule has 298 valence electrons. The Kier molecular flexibility index (Phi) is 14.1. The Hall–Kier alpha value is -5.49. The lowest BCUT2D eigenvalue weighted by Crippen LogP contribution is -2.58. The summed E-state index contributed by atoms with van der Waals surface area (Å²) in [6, 6.07) is 25.4. The number of nitrogens with one attached hydrogen (secondary N) is 3. The second-order valence-electron chi connectivity index (χ2n) is 16.0. The molecule has 4 aromatic rings. The molecular weight excluding hydrogens is 709 g/mol. The molecule has 5 amide bonds. The van der Waals surface area contributed by atoms with E-state index in [1.807, 2.05) is 105 Å². The van der Waals surface area contributed by atoms with Gasteiger partial charge in [0, 0.05) is 37.3 Å². The normalized spacial score (nSPS) is 16.4. The maximum atomic E-state index is 14.5. The first-order valence-corrected chi connectivity index (χ1v) is 19.5. The minimum atomic E-state index is -1.33. The SMILES string of the molecule is CCC(C)[C@@H](C(=O)N[C@@H](Cc1ccccc1)C[C@@H](O)[C@H](Cc1ccccc1)NC(=O)[C@@H](NC(=O)O)C(C)(C)C)N1CCN(Cc2ccnc3ccccc23)C1=O. The predicted octanol–water partition coefficient (Wildman–Crippen LogP) is 5.78. The number of aliphatic hydroxyl groups excluding tert-OH is 1. The minimum Gasteiger partial charge on any atom is -0.465 e. The summed E-state index contributed by atoms with van der Waals surface area (Å²) in [6.45, 7) is 10.5. The largest absolute Gasteiger partial charge is 0.465 e. The van der Waals surface area contributed by atoms with Gasteiger partial charge in [0.15, 0.2) is 0 Å². The molecule has 1 aliphatic rings. The summed E-state index contributed by atoms with van der Waals surface area (Å²) >= 11 is 0. The quantitative estimate of drug-likeness (QED) is 0.0911. The van der Waals surface area contributed by atoms with Crippen LogP contribution in [0.25, 0.3) is 10.9 Å². The van der Waals surface area contributed by atoms with E-state index < -0.39 is 47.7 Å². The zero-order valence-electron chi connectivity index (χ0n) is 33.0. The third-order valence-corrected chi connectivity index (χ3v) is 10.7. The average Bonchev–Trinajstić information content (AvgIpc) is 3.52. The van der Waals surface area contributed by atoms with Crippen molar-refractivity contribution in [3.05, 3.63) is 114 Å². The number of carbonyl (C=O) groups is 4. The molecule has 1 aliphatic heterocycles. The van der Waals surface area contributed by atoms with Crippen LogP contribution in [0.15, 0.2) is 97.2 Å². The molecule has 12 heteroatoms. The fourth-order valence-electron chi connectivity index (χ4n) is 7.49. The molecule has 3 aromatic carbocycles. The van der Waals surface area contributed by atoms with Gasteiger partial charge in [0.2, 0.25) is 11.8 Å². The number of pyridine rings is 1. The average molecular weight is 765 g/mol. The van der Waals surface area contributed by atoms with E-state index in [9.17, 15) is 29.4 Å². The van der Waals surface area contributed by atoms with Crippen LogP contribution in [0.4, 0.5) is 9.59 Å². The Morgan fingerprint density at radius 2 is 1.45 bits per heavy atom. The second kappa shape index (κ2) is 18.9. The number of nitrogens with zero attached hydrogens (tertiary/aromatic N) is 3. The molecule has 0 radical (unpaired) electrons. The van der Waals surface area contributed by atoms with Crippen molar-refractivity contribution in [1.29, 1.82) is 0 Å². The number of carboxylic acid groups (broad SMARTS) is 1. The maximum Gasteiger partial charge on any atom is 0.405 e. The molecule has 0 spiro atoms. The molecule has 0 aliphatic carbocycles. The summed E-state index contributed by atoms with van der Waals surface area (Å²) in [5.41, 5.74) is 2.90. The van der Waals surface area contributed by atoms with Gasteiger partial charge in [-0.05, 0) is 59.4 Å². The smallest absolute Gasteiger partial charge is 0.405 e. The topological polar surface area (TPSA) is 164 Å². The molecule has 1 aromatic heterocycles. The number of urea groups is 1. The molecule has 1 saturated heterocycles. The molecule has 2 heterocycles. The van der Waals surface area contributed by atoms with Crippen molar-refractivity contribution >= 4 is 34.8 Å². The number of aromatic nitrogens is 1. The number of aliphatic hydroxyl groups is 1. The molecule has 5 rings (SSSR count). The number of hydrogen-bond donors (Lipinski definition) is 5. The summed E-state index contributed by atoms with van der Waals surface area (Å²) in [5, 5.41) is 31.0. The zero-order chi connectivity index (χ0) is 40.4. The van der Waals surface area contributed by atoms with E-state index >= 15 is 0 Å². The molecular formula is C44H56N6O6. The summed E-state index contributed by atoms with van der Waals surface area (Å²) in [7, 11) is 0. The third kappa shape index (κ3) is 10.8. The number of benzene rings is 3. The molecule has 12 nitrogen and oxygen atoms in total. The Bertz CT molecular complexity index is 1930. The van der Waals surface area contributed by atoms with Gasteiger partial charge < -0.3 is 36.0 Å². The standard InChI is InChI=1S/C44H56N6O6/c1-6-29(2)38(50-24-23-49(43(50)56)28-32-21-22-45-35-20-14-13-19-34(32)35)40(52)46-33(25-30-15-9-7-10-16-30)27-37(51)36(26-31-17-11-8-12-18-31)47-41(53)39(44(3,4)5)48-42(54)55/h7-22,29,33,36-39,48,51H,6,23-28H2,1-5H3,(H,46,52)(H,47,53)(H,54,55)/t29?,33-,36-,37+,38-,39+/m0/s1. The van der Waals surface area contributed by atoms with Gasteiger partial charge in [-0.3, -0.25) is 14.6 Å². The first kappa shape index (κ1) is 41.7. The van der Waals surface area contributed by atoms with Crippen molar-refractivity contribution < 1.29 is 29.4 Å². The molecule has 0 bridgehead atoms. The fraction of sp³-hybridized carbons (Fsp3) is 0.432. The van der Waals surface area contributed by atoms with E-state index in [0.29, 0.717) is 32.5 Å². The van der Waals surface area contributed by atoms with Crippen LogP contribution in [0.5, 0.6) is 0 Å². The Balaban J connectivity index is 1.38. The van der Waals surface area contributed by atoms with Gasteiger partial charge in [0.1, 0.15) is 12.1 Å². The van der Waals surface area contributed by atoms with E-state index in [-0.39, 0.29) is 30.7 Å². The summed E-state index contributed by atoms with van der Waals surface area (Å²) in [6.07, 6.45) is 0.679. The van der Waals surface area contributed by atoms with E-state index in [1.165, 1.54) is 0 Å². The molecule has 1 fully saturated rings. The highest BCUT2D eigenvalue weighted by Crippen LogP contribution is 2.26. The summed E-state index contributed by atoms with van der Waals surface area (Å²) < 4.78 is 0. The number of amides is 5. The van der Waals surface area contributed by atoms with E-state index in [2.05, 4.69) is 20.9 Å². The lowest BCUT2D eigenvalue weighted by molar-refractivity contribution is -0.129. The van der Waals surface area contributed by atoms with Crippen molar-refractivity contribution in [2.24, 2.45) is 11.3 Å². The molecule has 56 heavy (non-hydrogen) atoms. The minimum absolute atomic E-state index is 0.0768. The van der Waals surface area contributed by atoms with Crippen molar-refractivity contribution in [3.63, 3.8) is 0 Å². The number of carbonyl (C=O) groups excluding carboxylic acids is 3.